The lowest BCUT2D eigenvalue weighted by Crippen LogP contribution is -2.41. The summed E-state index contributed by atoms with van der Waals surface area (Å²) in [5.41, 5.74) is 5.85. The molecule has 0 fully saturated rings. The average molecular weight is 465 g/mol. The third kappa shape index (κ3) is 5.00. The summed E-state index contributed by atoms with van der Waals surface area (Å²) in [4.78, 5) is 51.4. The van der Waals surface area contributed by atoms with Crippen molar-refractivity contribution in [3.05, 3.63) is 39.4 Å². The fraction of sp³-hybridized carbons (Fsp3) is 0.300. The van der Waals surface area contributed by atoms with Crippen LogP contribution in [0.25, 0.3) is 0 Å². The Morgan fingerprint density at radius 1 is 1.19 bits per heavy atom. The standard InChI is InChI=1S/C20H18Cl2N4O5/c1-9(2)11-5-17(24-7-15(11)28)31-20-12(21)3-10(4-13(20)22)19-14(27)6-18(30)26(25-19)8-16(23)29/h3-5,9H,6-8H2,1-2H3,(H2,23,29). The van der Waals surface area contributed by atoms with Crippen LogP contribution >= 0.6 is 23.2 Å². The molecule has 2 amide bonds. The Morgan fingerprint density at radius 3 is 2.42 bits per heavy atom. The van der Waals surface area contributed by atoms with Gasteiger partial charge >= 0.3 is 0 Å². The van der Waals surface area contributed by atoms with Crippen molar-refractivity contribution in [2.75, 3.05) is 13.1 Å². The predicted molar refractivity (Wildman–Crippen MR) is 114 cm³/mol. The Balaban J connectivity index is 1.92. The van der Waals surface area contributed by atoms with Crippen LogP contribution in [-0.2, 0) is 19.2 Å². The van der Waals surface area contributed by atoms with E-state index in [4.69, 9.17) is 33.7 Å². The van der Waals surface area contributed by atoms with E-state index >= 15 is 0 Å². The van der Waals surface area contributed by atoms with E-state index in [1.54, 1.807) is 6.08 Å². The van der Waals surface area contributed by atoms with E-state index in [1.807, 2.05) is 13.8 Å². The maximum absolute atomic E-state index is 12.3. The number of Topliss-reactive ketones (excluding diaryl/α,β-unsaturated/α-hetero) is 2. The van der Waals surface area contributed by atoms with E-state index < -0.39 is 30.6 Å². The average Bonchev–Trinajstić information content (AvgIpc) is 2.67. The fourth-order valence-corrected chi connectivity index (χ4v) is 3.55. The molecule has 0 spiro atoms. The minimum atomic E-state index is -0.772. The Hall–Kier alpha value is -3.04. The number of benzene rings is 1. The number of dihydropyridines is 1. The molecule has 1 aromatic rings. The number of hydrogen-bond donors (Lipinski definition) is 1. The first-order valence-electron chi connectivity index (χ1n) is 9.23. The predicted octanol–water partition coefficient (Wildman–Crippen LogP) is 1.93. The molecule has 0 saturated carbocycles. The first-order chi connectivity index (χ1) is 14.6. The van der Waals surface area contributed by atoms with Gasteiger partial charge in [-0.2, -0.15) is 5.10 Å². The number of hydrogen-bond acceptors (Lipinski definition) is 7. The van der Waals surface area contributed by atoms with Crippen LogP contribution in [0.1, 0.15) is 25.8 Å². The van der Waals surface area contributed by atoms with Gasteiger partial charge in [0, 0.05) is 17.2 Å². The fourth-order valence-electron chi connectivity index (χ4n) is 2.98. The van der Waals surface area contributed by atoms with Crippen LogP contribution in [-0.4, -0.2) is 53.1 Å². The van der Waals surface area contributed by atoms with Gasteiger partial charge in [0.05, 0.1) is 16.5 Å². The third-order valence-corrected chi connectivity index (χ3v) is 5.03. The molecule has 11 heteroatoms. The molecule has 2 N–H and O–H groups in total. The lowest BCUT2D eigenvalue weighted by atomic mass is 9.97. The number of nitrogens with zero attached hydrogens (tertiary/aromatic N) is 3. The summed E-state index contributed by atoms with van der Waals surface area (Å²) in [5, 5.41) is 4.90. The second-order valence-electron chi connectivity index (χ2n) is 7.17. The molecule has 0 unspecified atom stereocenters. The zero-order valence-corrected chi connectivity index (χ0v) is 18.2. The number of carbonyl (C=O) groups excluding carboxylic acids is 4. The molecule has 0 radical (unpaired) electrons. The molecular weight excluding hydrogens is 447 g/mol. The monoisotopic (exact) mass is 464 g/mol. The quantitative estimate of drug-likeness (QED) is 0.664. The highest BCUT2D eigenvalue weighted by molar-refractivity contribution is 6.50. The number of aliphatic imine (C=N–C) groups is 1. The highest BCUT2D eigenvalue weighted by Gasteiger charge is 2.30. The molecular formula is C20H18Cl2N4O5. The van der Waals surface area contributed by atoms with Gasteiger partial charge in [-0.1, -0.05) is 37.0 Å². The SMILES string of the molecule is CC(C)C1=CC(Oc2c(Cl)cc(C3=NN(CC(N)=O)C(=O)CC3=O)cc2Cl)=NCC1=O. The summed E-state index contributed by atoms with van der Waals surface area (Å²) in [7, 11) is 0. The molecule has 9 nitrogen and oxygen atoms in total. The van der Waals surface area contributed by atoms with E-state index in [0.717, 1.165) is 5.01 Å². The van der Waals surface area contributed by atoms with E-state index in [9.17, 15) is 19.2 Å². The minimum absolute atomic E-state index is 0.00342. The molecule has 162 valence electrons. The van der Waals surface area contributed by atoms with Crippen molar-refractivity contribution >= 4 is 58.2 Å². The molecule has 0 aromatic heterocycles. The summed E-state index contributed by atoms with van der Waals surface area (Å²) in [5.74, 6) is -1.77. The van der Waals surface area contributed by atoms with E-state index in [0.29, 0.717) is 5.57 Å². The lowest BCUT2D eigenvalue weighted by Gasteiger charge is -2.22. The van der Waals surface area contributed by atoms with Crippen molar-refractivity contribution in [2.24, 2.45) is 21.7 Å². The summed E-state index contributed by atoms with van der Waals surface area (Å²) in [6.07, 6.45) is 1.08. The summed E-state index contributed by atoms with van der Waals surface area (Å²) < 4.78 is 5.71. The number of primary amides is 1. The Kier molecular flexibility index (Phi) is 6.56. The van der Waals surface area contributed by atoms with Crippen molar-refractivity contribution in [2.45, 2.75) is 20.3 Å². The van der Waals surface area contributed by atoms with Gasteiger partial charge in [0.25, 0.3) is 5.91 Å². The van der Waals surface area contributed by atoms with Crippen LogP contribution in [0, 0.1) is 5.92 Å². The first-order valence-corrected chi connectivity index (χ1v) is 9.99. The number of rotatable bonds is 5. The van der Waals surface area contributed by atoms with Crippen LogP contribution in [0.2, 0.25) is 10.0 Å². The molecule has 1 aromatic carbocycles. The maximum Gasteiger partial charge on any atom is 0.251 e. The van der Waals surface area contributed by atoms with E-state index in [-0.39, 0.29) is 51.2 Å². The molecule has 2 heterocycles. The van der Waals surface area contributed by atoms with Gasteiger partial charge in [0.15, 0.2) is 17.3 Å². The number of hydrazone groups is 1. The summed E-state index contributed by atoms with van der Waals surface area (Å²) >= 11 is 12.6. The molecule has 0 saturated heterocycles. The zero-order chi connectivity index (χ0) is 22.9. The highest BCUT2D eigenvalue weighted by Crippen LogP contribution is 2.35. The van der Waals surface area contributed by atoms with Crippen molar-refractivity contribution in [3.63, 3.8) is 0 Å². The van der Waals surface area contributed by atoms with Crippen molar-refractivity contribution < 1.29 is 23.9 Å². The van der Waals surface area contributed by atoms with Crippen LogP contribution in [0.4, 0.5) is 0 Å². The Morgan fingerprint density at radius 2 is 1.84 bits per heavy atom. The second kappa shape index (κ2) is 8.99. The smallest absolute Gasteiger partial charge is 0.251 e. The highest BCUT2D eigenvalue weighted by atomic mass is 35.5. The number of ketones is 2. The summed E-state index contributed by atoms with van der Waals surface area (Å²) in [6.45, 7) is 3.27. The largest absolute Gasteiger partial charge is 0.436 e. The maximum atomic E-state index is 12.3. The Bertz CT molecular complexity index is 1070. The number of amides is 2. The van der Waals surface area contributed by atoms with Crippen molar-refractivity contribution in [3.8, 4) is 5.75 Å². The third-order valence-electron chi connectivity index (χ3n) is 4.47. The van der Waals surface area contributed by atoms with Gasteiger partial charge in [-0.15, -0.1) is 0 Å². The minimum Gasteiger partial charge on any atom is -0.436 e. The van der Waals surface area contributed by atoms with Gasteiger partial charge < -0.3 is 10.5 Å². The molecule has 2 aliphatic heterocycles. The van der Waals surface area contributed by atoms with Crippen molar-refractivity contribution in [1.82, 2.24) is 5.01 Å². The lowest BCUT2D eigenvalue weighted by molar-refractivity contribution is -0.138. The van der Waals surface area contributed by atoms with Crippen LogP contribution in [0.15, 0.2) is 33.9 Å². The van der Waals surface area contributed by atoms with Gasteiger partial charge in [-0.05, 0) is 18.1 Å². The van der Waals surface area contributed by atoms with Crippen molar-refractivity contribution in [1.29, 1.82) is 0 Å². The zero-order valence-electron chi connectivity index (χ0n) is 16.6. The van der Waals surface area contributed by atoms with Gasteiger partial charge in [0.1, 0.15) is 18.8 Å². The van der Waals surface area contributed by atoms with Gasteiger partial charge in [-0.3, -0.25) is 19.2 Å². The van der Waals surface area contributed by atoms with Crippen LogP contribution < -0.4 is 10.5 Å². The number of halogens is 2. The second-order valence-corrected chi connectivity index (χ2v) is 7.98. The topological polar surface area (TPSA) is 131 Å². The molecule has 0 aliphatic carbocycles. The van der Waals surface area contributed by atoms with Crippen LogP contribution in [0.5, 0.6) is 5.75 Å². The van der Waals surface area contributed by atoms with E-state index in [1.165, 1.54) is 12.1 Å². The number of carbonyl (C=O) groups is 4. The molecule has 31 heavy (non-hydrogen) atoms. The molecule has 2 aliphatic rings. The normalized spacial score (nSPS) is 16.9. The number of ether oxygens (including phenoxy) is 1. The molecule has 3 rings (SSSR count). The van der Waals surface area contributed by atoms with E-state index in [2.05, 4.69) is 10.1 Å². The summed E-state index contributed by atoms with van der Waals surface area (Å²) in [6, 6.07) is 2.80. The first kappa shape index (κ1) is 22.6. The Labute approximate surface area is 187 Å². The molecule has 0 bridgehead atoms. The van der Waals surface area contributed by atoms with Crippen LogP contribution in [0.3, 0.4) is 0 Å². The molecule has 0 atom stereocenters. The van der Waals surface area contributed by atoms with Gasteiger partial charge in [0.2, 0.25) is 11.8 Å². The van der Waals surface area contributed by atoms with Gasteiger partial charge in [-0.25, -0.2) is 10.0 Å². The number of nitrogens with two attached hydrogens (primary N) is 1.